The molecule has 2 aromatic rings. The quantitative estimate of drug-likeness (QED) is 0.630. The third-order valence-electron chi connectivity index (χ3n) is 3.47. The zero-order valence-electron chi connectivity index (χ0n) is 12.3. The standard InChI is InChI=1S/C14H16N4O4/c1-16(14-13(18(19)20)15-9-17(14)2)7-10-8-21-11-5-3-4-6-12(11)22-10/h3-6,9-10H,7-8H2,1-2H3/t10-/m1/s1. The summed E-state index contributed by atoms with van der Waals surface area (Å²) in [5.41, 5.74) is 0. The molecule has 8 nitrogen and oxygen atoms in total. The summed E-state index contributed by atoms with van der Waals surface area (Å²) in [6.07, 6.45) is 1.21. The topological polar surface area (TPSA) is 82.7 Å². The van der Waals surface area contributed by atoms with E-state index >= 15 is 0 Å². The van der Waals surface area contributed by atoms with Crippen molar-refractivity contribution in [3.8, 4) is 11.5 Å². The predicted octanol–water partition coefficient (Wildman–Crippen LogP) is 1.60. The summed E-state index contributed by atoms with van der Waals surface area (Å²) in [7, 11) is 3.49. The highest BCUT2D eigenvalue weighted by Crippen LogP contribution is 2.32. The van der Waals surface area contributed by atoms with Crippen LogP contribution in [0.3, 0.4) is 0 Å². The normalized spacial score (nSPS) is 16.4. The number of rotatable bonds is 4. The Bertz CT molecular complexity index is 700. The lowest BCUT2D eigenvalue weighted by Crippen LogP contribution is -2.40. The molecule has 116 valence electrons. The van der Waals surface area contributed by atoms with Gasteiger partial charge in [0.2, 0.25) is 12.1 Å². The third kappa shape index (κ3) is 2.54. The van der Waals surface area contributed by atoms with Gasteiger partial charge in [0, 0.05) is 14.1 Å². The highest BCUT2D eigenvalue weighted by Gasteiger charge is 2.28. The maximum Gasteiger partial charge on any atom is 0.406 e. The zero-order valence-corrected chi connectivity index (χ0v) is 12.3. The highest BCUT2D eigenvalue weighted by atomic mass is 16.6. The van der Waals surface area contributed by atoms with Gasteiger partial charge in [-0.3, -0.25) is 4.57 Å². The average Bonchev–Trinajstić information content (AvgIpc) is 2.89. The van der Waals surface area contributed by atoms with Crippen LogP contribution in [0.25, 0.3) is 0 Å². The largest absolute Gasteiger partial charge is 0.486 e. The number of hydrogen-bond donors (Lipinski definition) is 0. The van der Waals surface area contributed by atoms with Gasteiger partial charge in [-0.25, -0.2) is 0 Å². The molecule has 0 spiro atoms. The number of hydrogen-bond acceptors (Lipinski definition) is 6. The second-order valence-corrected chi connectivity index (χ2v) is 5.14. The van der Waals surface area contributed by atoms with Crippen LogP contribution >= 0.6 is 0 Å². The zero-order chi connectivity index (χ0) is 15.7. The predicted molar refractivity (Wildman–Crippen MR) is 79.5 cm³/mol. The first-order valence-corrected chi connectivity index (χ1v) is 6.81. The molecule has 2 heterocycles. The number of nitrogens with zero attached hydrogens (tertiary/aromatic N) is 4. The van der Waals surface area contributed by atoms with Crippen molar-refractivity contribution < 1.29 is 14.4 Å². The van der Waals surface area contributed by atoms with Gasteiger partial charge in [0.25, 0.3) is 0 Å². The third-order valence-corrected chi connectivity index (χ3v) is 3.47. The number of nitro groups is 1. The van der Waals surface area contributed by atoms with E-state index < -0.39 is 4.92 Å². The van der Waals surface area contributed by atoms with E-state index in [1.165, 1.54) is 6.33 Å². The van der Waals surface area contributed by atoms with Crippen molar-refractivity contribution in [2.75, 3.05) is 25.1 Å². The summed E-state index contributed by atoms with van der Waals surface area (Å²) < 4.78 is 13.1. The molecule has 0 N–H and O–H groups in total. The number of benzene rings is 1. The van der Waals surface area contributed by atoms with Crippen LogP contribution in [-0.2, 0) is 7.05 Å². The Morgan fingerprint density at radius 3 is 2.91 bits per heavy atom. The Balaban J connectivity index is 1.75. The number of ether oxygens (including phenoxy) is 2. The molecule has 1 atom stereocenters. The van der Waals surface area contributed by atoms with Gasteiger partial charge in [-0.2, -0.15) is 0 Å². The van der Waals surface area contributed by atoms with E-state index in [0.717, 1.165) is 0 Å². The highest BCUT2D eigenvalue weighted by molar-refractivity contribution is 5.54. The molecule has 0 saturated heterocycles. The fourth-order valence-corrected chi connectivity index (χ4v) is 2.53. The summed E-state index contributed by atoms with van der Waals surface area (Å²) in [6, 6.07) is 7.45. The minimum absolute atomic E-state index is 0.165. The Morgan fingerprint density at radius 2 is 2.18 bits per heavy atom. The maximum atomic E-state index is 11.0. The fourth-order valence-electron chi connectivity index (χ4n) is 2.53. The van der Waals surface area contributed by atoms with Crippen molar-refractivity contribution >= 4 is 11.6 Å². The Labute approximate surface area is 127 Å². The first-order valence-electron chi connectivity index (χ1n) is 6.81. The number of imidazole rings is 1. The summed E-state index contributed by atoms with van der Waals surface area (Å²) in [5.74, 6) is 1.68. The molecule has 0 aliphatic carbocycles. The van der Waals surface area contributed by atoms with Gasteiger partial charge in [0.1, 0.15) is 6.61 Å². The van der Waals surface area contributed by atoms with Crippen molar-refractivity contribution in [3.63, 3.8) is 0 Å². The molecular formula is C14H16N4O4. The molecule has 0 radical (unpaired) electrons. The maximum absolute atomic E-state index is 11.0. The number of para-hydroxylation sites is 2. The summed E-state index contributed by atoms with van der Waals surface area (Å²) in [4.78, 5) is 16.1. The molecule has 22 heavy (non-hydrogen) atoms. The first kappa shape index (κ1) is 14.2. The first-order chi connectivity index (χ1) is 10.6. The van der Waals surface area contributed by atoms with E-state index in [2.05, 4.69) is 4.98 Å². The average molecular weight is 304 g/mol. The molecule has 1 aromatic heterocycles. The number of fused-ring (bicyclic) bond motifs is 1. The van der Waals surface area contributed by atoms with Crippen LogP contribution in [-0.4, -0.2) is 40.8 Å². The van der Waals surface area contributed by atoms with Crippen LogP contribution in [0.4, 0.5) is 11.6 Å². The van der Waals surface area contributed by atoms with Crippen LogP contribution < -0.4 is 14.4 Å². The summed E-state index contributed by atoms with van der Waals surface area (Å²) in [5, 5.41) is 11.0. The van der Waals surface area contributed by atoms with E-state index in [4.69, 9.17) is 9.47 Å². The molecule has 8 heteroatoms. The molecule has 1 aromatic carbocycles. The number of aromatic nitrogens is 2. The Morgan fingerprint density at radius 1 is 1.45 bits per heavy atom. The van der Waals surface area contributed by atoms with Gasteiger partial charge in [-0.1, -0.05) is 12.1 Å². The van der Waals surface area contributed by atoms with Crippen LogP contribution in [0.1, 0.15) is 0 Å². The van der Waals surface area contributed by atoms with E-state index in [1.807, 2.05) is 24.3 Å². The van der Waals surface area contributed by atoms with Crippen molar-refractivity contribution in [3.05, 3.63) is 40.7 Å². The Kier molecular flexibility index (Phi) is 3.58. The van der Waals surface area contributed by atoms with Crippen molar-refractivity contribution in [1.82, 2.24) is 9.55 Å². The van der Waals surface area contributed by atoms with Gasteiger partial charge >= 0.3 is 5.82 Å². The second kappa shape index (κ2) is 5.55. The SMILES string of the molecule is CN(C[C@@H]1COc2ccccc2O1)c1c([N+](=O)[O-])ncn1C. The summed E-state index contributed by atoms with van der Waals surface area (Å²) in [6.45, 7) is 0.849. The molecule has 0 amide bonds. The molecule has 0 bridgehead atoms. The molecular weight excluding hydrogens is 288 g/mol. The lowest BCUT2D eigenvalue weighted by Gasteiger charge is -2.30. The minimum atomic E-state index is -0.487. The van der Waals surface area contributed by atoms with E-state index in [0.29, 0.717) is 30.5 Å². The van der Waals surface area contributed by atoms with Crippen molar-refractivity contribution in [2.45, 2.75) is 6.10 Å². The minimum Gasteiger partial charge on any atom is -0.486 e. The van der Waals surface area contributed by atoms with Gasteiger partial charge < -0.3 is 24.5 Å². The summed E-state index contributed by atoms with van der Waals surface area (Å²) >= 11 is 0. The Hall–Kier alpha value is -2.77. The smallest absolute Gasteiger partial charge is 0.406 e. The number of anilines is 1. The van der Waals surface area contributed by atoms with Crippen LogP contribution in [0, 0.1) is 10.1 Å². The lowest BCUT2D eigenvalue weighted by atomic mass is 10.2. The molecule has 0 fully saturated rings. The van der Waals surface area contributed by atoms with Crippen LogP contribution in [0.5, 0.6) is 11.5 Å². The molecule has 1 aliphatic rings. The second-order valence-electron chi connectivity index (χ2n) is 5.14. The van der Waals surface area contributed by atoms with Crippen LogP contribution in [0.15, 0.2) is 30.6 Å². The van der Waals surface area contributed by atoms with Gasteiger partial charge in [-0.15, -0.1) is 0 Å². The van der Waals surface area contributed by atoms with Gasteiger partial charge in [0.15, 0.2) is 17.6 Å². The van der Waals surface area contributed by atoms with Crippen molar-refractivity contribution in [2.24, 2.45) is 7.05 Å². The molecule has 3 rings (SSSR count). The monoisotopic (exact) mass is 304 g/mol. The van der Waals surface area contributed by atoms with Gasteiger partial charge in [0.05, 0.1) is 6.54 Å². The molecule has 0 unspecified atom stereocenters. The van der Waals surface area contributed by atoms with Gasteiger partial charge in [-0.05, 0) is 22.0 Å². The van der Waals surface area contributed by atoms with E-state index in [1.54, 1.807) is 23.6 Å². The molecule has 1 aliphatic heterocycles. The van der Waals surface area contributed by atoms with Crippen LogP contribution in [0.2, 0.25) is 0 Å². The number of likely N-dealkylation sites (N-methyl/N-ethyl adjacent to an activating group) is 1. The molecule has 0 saturated carbocycles. The van der Waals surface area contributed by atoms with Crippen molar-refractivity contribution in [1.29, 1.82) is 0 Å². The fraction of sp³-hybridized carbons (Fsp3) is 0.357. The van der Waals surface area contributed by atoms with E-state index in [-0.39, 0.29) is 11.9 Å². The van der Waals surface area contributed by atoms with E-state index in [9.17, 15) is 10.1 Å². The number of aryl methyl sites for hydroxylation is 1. The lowest BCUT2D eigenvalue weighted by molar-refractivity contribution is -0.388.